The Morgan fingerprint density at radius 1 is 1.18 bits per heavy atom. The molecule has 1 N–H and O–H groups in total. The summed E-state index contributed by atoms with van der Waals surface area (Å²) >= 11 is 11.9. The summed E-state index contributed by atoms with van der Waals surface area (Å²) in [7, 11) is 0. The van der Waals surface area contributed by atoms with E-state index in [0.717, 1.165) is 16.9 Å². The molecule has 0 spiro atoms. The third kappa shape index (κ3) is 3.08. The van der Waals surface area contributed by atoms with Crippen molar-refractivity contribution >= 4 is 45.8 Å². The number of rotatable bonds is 3. The lowest BCUT2D eigenvalue weighted by atomic mass is 10.3. The molecule has 0 radical (unpaired) electrons. The number of fused-ring (bicyclic) bond motifs is 1. The third-order valence-electron chi connectivity index (χ3n) is 3.29. The molecule has 0 aliphatic carbocycles. The van der Waals surface area contributed by atoms with Gasteiger partial charge in [0.1, 0.15) is 12.4 Å². The second kappa shape index (κ2) is 5.99. The van der Waals surface area contributed by atoms with E-state index in [1.807, 2.05) is 35.8 Å². The number of hydrogen-bond donors (Lipinski definition) is 1. The van der Waals surface area contributed by atoms with Gasteiger partial charge >= 0.3 is 0 Å². The van der Waals surface area contributed by atoms with Crippen LogP contribution in [0.25, 0.3) is 11.0 Å². The van der Waals surface area contributed by atoms with E-state index in [-0.39, 0.29) is 12.5 Å². The van der Waals surface area contributed by atoms with E-state index in [0.29, 0.717) is 15.7 Å². The molecule has 0 aliphatic rings. The molecule has 22 heavy (non-hydrogen) atoms. The Balaban J connectivity index is 1.82. The maximum absolute atomic E-state index is 12.3. The molecule has 6 heteroatoms. The maximum Gasteiger partial charge on any atom is 0.244 e. The summed E-state index contributed by atoms with van der Waals surface area (Å²) in [5.74, 6) is 0.630. The zero-order valence-corrected chi connectivity index (χ0v) is 13.3. The van der Waals surface area contributed by atoms with Gasteiger partial charge < -0.3 is 9.88 Å². The molecule has 0 atom stereocenters. The number of carbonyl (C=O) groups excluding carboxylic acids is 1. The first-order valence-corrected chi connectivity index (χ1v) is 7.46. The summed E-state index contributed by atoms with van der Waals surface area (Å²) in [5.41, 5.74) is 2.38. The predicted molar refractivity (Wildman–Crippen MR) is 89.6 cm³/mol. The van der Waals surface area contributed by atoms with Gasteiger partial charge in [-0.1, -0.05) is 35.3 Å². The van der Waals surface area contributed by atoms with E-state index in [1.54, 1.807) is 18.2 Å². The molecule has 4 nitrogen and oxygen atoms in total. The van der Waals surface area contributed by atoms with Crippen LogP contribution in [0.3, 0.4) is 0 Å². The molecule has 0 saturated heterocycles. The van der Waals surface area contributed by atoms with E-state index in [1.165, 1.54) is 0 Å². The molecule has 0 bridgehead atoms. The monoisotopic (exact) mass is 333 g/mol. The minimum atomic E-state index is -0.162. The van der Waals surface area contributed by atoms with Gasteiger partial charge in [-0.25, -0.2) is 4.98 Å². The maximum atomic E-state index is 12.3. The van der Waals surface area contributed by atoms with E-state index < -0.39 is 0 Å². The van der Waals surface area contributed by atoms with Crippen molar-refractivity contribution in [3.8, 4) is 0 Å². The average Bonchev–Trinajstić information content (AvgIpc) is 2.74. The normalized spacial score (nSPS) is 10.9. The number of carbonyl (C=O) groups is 1. The summed E-state index contributed by atoms with van der Waals surface area (Å²) in [6, 6.07) is 12.6. The van der Waals surface area contributed by atoms with Crippen molar-refractivity contribution in [3.63, 3.8) is 0 Å². The number of aromatic nitrogens is 2. The molecular weight excluding hydrogens is 321 g/mol. The first-order valence-electron chi connectivity index (χ1n) is 6.71. The van der Waals surface area contributed by atoms with Crippen molar-refractivity contribution in [2.24, 2.45) is 0 Å². The van der Waals surface area contributed by atoms with Crippen LogP contribution >= 0.6 is 23.2 Å². The fourth-order valence-corrected chi connectivity index (χ4v) is 2.89. The summed E-state index contributed by atoms with van der Waals surface area (Å²) < 4.78 is 1.87. The summed E-state index contributed by atoms with van der Waals surface area (Å²) in [4.78, 5) is 16.7. The number of para-hydroxylation sites is 2. The Labute approximate surface area is 137 Å². The van der Waals surface area contributed by atoms with Gasteiger partial charge in [0.25, 0.3) is 0 Å². The molecule has 1 heterocycles. The Morgan fingerprint density at radius 3 is 2.59 bits per heavy atom. The molecule has 0 aliphatic heterocycles. The van der Waals surface area contributed by atoms with E-state index in [2.05, 4.69) is 10.3 Å². The smallest absolute Gasteiger partial charge is 0.244 e. The number of imidazole rings is 1. The summed E-state index contributed by atoms with van der Waals surface area (Å²) in [5, 5.41) is 3.75. The number of hydrogen-bond acceptors (Lipinski definition) is 2. The highest BCUT2D eigenvalue weighted by Gasteiger charge is 2.11. The Bertz CT molecular complexity index is 837. The van der Waals surface area contributed by atoms with Crippen LogP contribution in [0.4, 0.5) is 5.69 Å². The molecule has 1 aromatic heterocycles. The van der Waals surface area contributed by atoms with E-state index >= 15 is 0 Å². The van der Waals surface area contributed by atoms with Gasteiger partial charge in [0.2, 0.25) is 5.91 Å². The van der Waals surface area contributed by atoms with Crippen LogP contribution in [0.15, 0.2) is 42.5 Å². The second-order valence-electron chi connectivity index (χ2n) is 4.94. The fraction of sp³-hybridized carbons (Fsp3) is 0.125. The average molecular weight is 334 g/mol. The van der Waals surface area contributed by atoms with Gasteiger partial charge in [-0.15, -0.1) is 0 Å². The molecule has 3 aromatic rings. The van der Waals surface area contributed by atoms with Crippen molar-refractivity contribution in [2.45, 2.75) is 13.5 Å². The highest BCUT2D eigenvalue weighted by Crippen LogP contribution is 2.22. The van der Waals surface area contributed by atoms with Crippen LogP contribution in [0.5, 0.6) is 0 Å². The van der Waals surface area contributed by atoms with E-state index in [9.17, 15) is 4.79 Å². The molecule has 2 aromatic carbocycles. The highest BCUT2D eigenvalue weighted by molar-refractivity contribution is 6.35. The van der Waals surface area contributed by atoms with Crippen LogP contribution in [0.2, 0.25) is 10.0 Å². The third-order valence-corrected chi connectivity index (χ3v) is 3.73. The quantitative estimate of drug-likeness (QED) is 0.777. The van der Waals surface area contributed by atoms with Crippen molar-refractivity contribution in [3.05, 3.63) is 58.3 Å². The highest BCUT2D eigenvalue weighted by atomic mass is 35.5. The first kappa shape index (κ1) is 14.9. The van der Waals surface area contributed by atoms with Crippen molar-refractivity contribution in [1.82, 2.24) is 9.55 Å². The van der Waals surface area contributed by atoms with Crippen molar-refractivity contribution in [2.75, 3.05) is 5.32 Å². The minimum Gasteiger partial charge on any atom is -0.324 e. The molecule has 0 fully saturated rings. The largest absolute Gasteiger partial charge is 0.324 e. The van der Waals surface area contributed by atoms with Gasteiger partial charge in [-0.2, -0.15) is 0 Å². The molecule has 1 amide bonds. The number of nitrogens with one attached hydrogen (secondary N) is 1. The van der Waals surface area contributed by atoms with Crippen LogP contribution in [0, 0.1) is 6.92 Å². The topological polar surface area (TPSA) is 46.9 Å². The summed E-state index contributed by atoms with van der Waals surface area (Å²) in [6.07, 6.45) is 0. The van der Waals surface area contributed by atoms with Gasteiger partial charge in [0.15, 0.2) is 0 Å². The zero-order chi connectivity index (χ0) is 15.7. The lowest BCUT2D eigenvalue weighted by Crippen LogP contribution is -2.19. The van der Waals surface area contributed by atoms with Crippen LogP contribution in [-0.2, 0) is 11.3 Å². The Kier molecular flexibility index (Phi) is 4.05. The Morgan fingerprint density at radius 2 is 1.86 bits per heavy atom. The number of benzene rings is 2. The number of aryl methyl sites for hydroxylation is 1. The molecular formula is C16H13Cl2N3O. The molecule has 112 valence electrons. The first-order chi connectivity index (χ1) is 10.5. The van der Waals surface area contributed by atoms with Gasteiger partial charge in [0, 0.05) is 15.7 Å². The fourth-order valence-electron chi connectivity index (χ4n) is 2.37. The standard InChI is InChI=1S/C16H13Cl2N3O/c1-10-19-14-4-2-3-5-15(14)21(10)9-16(22)20-13-7-11(17)6-12(18)8-13/h2-8H,9H2,1H3,(H,20,22). The van der Waals surface area contributed by atoms with Gasteiger partial charge in [-0.3, -0.25) is 4.79 Å². The number of halogens is 2. The lowest BCUT2D eigenvalue weighted by molar-refractivity contribution is -0.116. The number of amides is 1. The van der Waals surface area contributed by atoms with Crippen molar-refractivity contribution in [1.29, 1.82) is 0 Å². The van der Waals surface area contributed by atoms with Crippen LogP contribution in [-0.4, -0.2) is 15.5 Å². The number of nitrogens with zero attached hydrogens (tertiary/aromatic N) is 2. The van der Waals surface area contributed by atoms with Gasteiger partial charge in [-0.05, 0) is 37.3 Å². The minimum absolute atomic E-state index is 0.162. The van der Waals surface area contributed by atoms with Gasteiger partial charge in [0.05, 0.1) is 11.0 Å². The second-order valence-corrected chi connectivity index (χ2v) is 5.81. The molecule has 0 unspecified atom stereocenters. The lowest BCUT2D eigenvalue weighted by Gasteiger charge is -2.09. The molecule has 0 saturated carbocycles. The van der Waals surface area contributed by atoms with Crippen molar-refractivity contribution < 1.29 is 4.79 Å². The SMILES string of the molecule is Cc1nc2ccccc2n1CC(=O)Nc1cc(Cl)cc(Cl)c1. The van der Waals surface area contributed by atoms with Crippen LogP contribution in [0.1, 0.15) is 5.82 Å². The predicted octanol–water partition coefficient (Wildman–Crippen LogP) is 4.29. The number of anilines is 1. The van der Waals surface area contributed by atoms with E-state index in [4.69, 9.17) is 23.2 Å². The summed E-state index contributed by atoms with van der Waals surface area (Å²) in [6.45, 7) is 2.06. The van der Waals surface area contributed by atoms with Crippen LogP contribution < -0.4 is 5.32 Å². The zero-order valence-electron chi connectivity index (χ0n) is 11.8. The Hall–Kier alpha value is -2.04. The molecule has 3 rings (SSSR count).